The minimum Gasteiger partial charge on any atom is -0.508 e. The smallest absolute Gasteiger partial charge is 0.266 e. The van der Waals surface area contributed by atoms with E-state index in [4.69, 9.17) is 4.74 Å². The number of rotatable bonds is 9. The molecule has 0 radical (unpaired) electrons. The van der Waals surface area contributed by atoms with Crippen molar-refractivity contribution in [3.63, 3.8) is 0 Å². The van der Waals surface area contributed by atoms with Gasteiger partial charge in [0.15, 0.2) is 0 Å². The highest BCUT2D eigenvalue weighted by Crippen LogP contribution is 2.30. The van der Waals surface area contributed by atoms with Crippen LogP contribution in [0.15, 0.2) is 66.7 Å². The molecule has 4 rings (SSSR count). The summed E-state index contributed by atoms with van der Waals surface area (Å²) in [6.07, 6.45) is 0.476. The van der Waals surface area contributed by atoms with Gasteiger partial charge in [-0.3, -0.25) is 19.2 Å². The Labute approximate surface area is 207 Å². The zero-order chi connectivity index (χ0) is 25.7. The molecular weight excluding hydrogens is 462 g/mol. The summed E-state index contributed by atoms with van der Waals surface area (Å²) in [6, 6.07) is 17.1. The number of fused-ring (bicyclic) bond motifs is 1. The lowest BCUT2D eigenvalue weighted by atomic mass is 10.1. The summed E-state index contributed by atoms with van der Waals surface area (Å²) in [4.78, 5) is 51.6. The van der Waals surface area contributed by atoms with Crippen LogP contribution in [0, 0.1) is 0 Å². The van der Waals surface area contributed by atoms with E-state index in [1.807, 2.05) is 6.92 Å². The topological polar surface area (TPSA) is 125 Å². The van der Waals surface area contributed by atoms with Crippen LogP contribution in [0.5, 0.6) is 11.5 Å². The zero-order valence-electron chi connectivity index (χ0n) is 19.6. The maximum absolute atomic E-state index is 13.0. The van der Waals surface area contributed by atoms with E-state index in [1.165, 1.54) is 30.3 Å². The van der Waals surface area contributed by atoms with E-state index in [0.717, 1.165) is 4.90 Å². The van der Waals surface area contributed by atoms with Crippen LogP contribution >= 0.6 is 0 Å². The van der Waals surface area contributed by atoms with E-state index in [1.54, 1.807) is 36.4 Å². The van der Waals surface area contributed by atoms with Gasteiger partial charge in [-0.1, -0.05) is 6.07 Å². The van der Waals surface area contributed by atoms with Crippen LogP contribution in [0.2, 0.25) is 0 Å². The molecule has 9 nitrogen and oxygen atoms in total. The van der Waals surface area contributed by atoms with E-state index in [-0.39, 0.29) is 28.3 Å². The van der Waals surface area contributed by atoms with E-state index >= 15 is 0 Å². The van der Waals surface area contributed by atoms with Crippen molar-refractivity contribution in [2.24, 2.45) is 0 Å². The molecule has 0 aliphatic carbocycles. The van der Waals surface area contributed by atoms with E-state index < -0.39 is 17.7 Å². The number of carbonyl (C=O) groups excluding carboxylic acids is 4. The highest BCUT2D eigenvalue weighted by Gasteiger charge is 2.37. The van der Waals surface area contributed by atoms with E-state index in [2.05, 4.69) is 10.6 Å². The lowest BCUT2D eigenvalue weighted by molar-refractivity contribution is 0.0919. The molecule has 184 valence electrons. The average Bonchev–Trinajstić information content (AvgIpc) is 3.13. The molecule has 0 atom stereocenters. The second kappa shape index (κ2) is 10.7. The van der Waals surface area contributed by atoms with Gasteiger partial charge in [0, 0.05) is 24.2 Å². The second-order valence-electron chi connectivity index (χ2n) is 8.05. The molecule has 0 fully saturated rings. The largest absolute Gasteiger partial charge is 0.508 e. The molecular formula is C27H25N3O6. The summed E-state index contributed by atoms with van der Waals surface area (Å²) in [7, 11) is 0. The van der Waals surface area contributed by atoms with Crippen LogP contribution in [-0.2, 0) is 0 Å². The predicted molar refractivity (Wildman–Crippen MR) is 133 cm³/mol. The molecule has 9 heteroatoms. The molecule has 1 aliphatic heterocycles. The maximum Gasteiger partial charge on any atom is 0.266 e. The Balaban J connectivity index is 1.32. The first-order chi connectivity index (χ1) is 17.4. The maximum atomic E-state index is 13.0. The van der Waals surface area contributed by atoms with Crippen molar-refractivity contribution in [3.05, 3.63) is 89.0 Å². The van der Waals surface area contributed by atoms with Crippen LogP contribution < -0.4 is 20.3 Å². The van der Waals surface area contributed by atoms with Gasteiger partial charge in [-0.05, 0) is 74.0 Å². The SMILES string of the molecule is CCOc1ccc(N2C(=O)c3ccc(C(=O)NCCCNC(=O)c4cccc(O)c4)cc3C2=O)cc1. The van der Waals surface area contributed by atoms with Crippen LogP contribution in [0.4, 0.5) is 5.69 Å². The Kier molecular flexibility index (Phi) is 7.29. The number of anilines is 1. The molecule has 0 saturated heterocycles. The Morgan fingerprint density at radius 3 is 2.11 bits per heavy atom. The lowest BCUT2D eigenvalue weighted by Crippen LogP contribution is -2.30. The third-order valence-electron chi connectivity index (χ3n) is 5.59. The molecule has 0 unspecified atom stereocenters. The van der Waals surface area contributed by atoms with Gasteiger partial charge in [0.1, 0.15) is 11.5 Å². The Bertz CT molecular complexity index is 1320. The molecule has 1 heterocycles. The average molecular weight is 488 g/mol. The summed E-state index contributed by atoms with van der Waals surface area (Å²) in [5, 5.41) is 14.9. The summed E-state index contributed by atoms with van der Waals surface area (Å²) >= 11 is 0. The molecule has 3 aromatic rings. The van der Waals surface area contributed by atoms with Crippen LogP contribution in [0.1, 0.15) is 54.8 Å². The minimum atomic E-state index is -0.497. The fraction of sp³-hybridized carbons (Fsp3) is 0.185. The number of phenols is 1. The van der Waals surface area contributed by atoms with Crippen molar-refractivity contribution in [1.29, 1.82) is 0 Å². The monoisotopic (exact) mass is 487 g/mol. The van der Waals surface area contributed by atoms with Gasteiger partial charge in [0.25, 0.3) is 23.6 Å². The normalized spacial score (nSPS) is 12.3. The third kappa shape index (κ3) is 5.20. The van der Waals surface area contributed by atoms with Gasteiger partial charge in [-0.15, -0.1) is 0 Å². The second-order valence-corrected chi connectivity index (χ2v) is 8.05. The number of aromatic hydroxyl groups is 1. The Morgan fingerprint density at radius 2 is 1.47 bits per heavy atom. The summed E-state index contributed by atoms with van der Waals surface area (Å²) < 4.78 is 5.40. The zero-order valence-corrected chi connectivity index (χ0v) is 19.6. The molecule has 4 amide bonds. The molecule has 3 aromatic carbocycles. The highest BCUT2D eigenvalue weighted by atomic mass is 16.5. The summed E-state index contributed by atoms with van der Waals surface area (Å²) in [5.74, 6) is -1.02. The number of carbonyl (C=O) groups is 4. The fourth-order valence-corrected chi connectivity index (χ4v) is 3.82. The first-order valence-electron chi connectivity index (χ1n) is 11.5. The summed E-state index contributed by atoms with van der Waals surface area (Å²) in [5.41, 5.74) is 1.42. The molecule has 0 bridgehead atoms. The number of nitrogens with one attached hydrogen (secondary N) is 2. The van der Waals surface area contributed by atoms with Crippen LogP contribution in [0.3, 0.4) is 0 Å². The fourth-order valence-electron chi connectivity index (χ4n) is 3.82. The van der Waals surface area contributed by atoms with Gasteiger partial charge in [0.2, 0.25) is 0 Å². The lowest BCUT2D eigenvalue weighted by Gasteiger charge is -2.14. The number of hydrogen-bond donors (Lipinski definition) is 3. The number of phenolic OH excluding ortho intramolecular Hbond substituents is 1. The van der Waals surface area contributed by atoms with Crippen molar-refractivity contribution in [3.8, 4) is 11.5 Å². The number of nitrogens with zero attached hydrogens (tertiary/aromatic N) is 1. The van der Waals surface area contributed by atoms with Crippen molar-refractivity contribution in [2.75, 3.05) is 24.6 Å². The number of hydrogen-bond acceptors (Lipinski definition) is 6. The molecule has 36 heavy (non-hydrogen) atoms. The number of ether oxygens (including phenoxy) is 1. The Hall–Kier alpha value is -4.66. The summed E-state index contributed by atoms with van der Waals surface area (Å²) in [6.45, 7) is 2.98. The Morgan fingerprint density at radius 1 is 0.833 bits per heavy atom. The first kappa shape index (κ1) is 24.5. The van der Waals surface area contributed by atoms with Gasteiger partial charge in [-0.2, -0.15) is 0 Å². The molecule has 0 saturated carbocycles. The predicted octanol–water partition coefficient (Wildman–Crippen LogP) is 3.14. The minimum absolute atomic E-state index is 0.00652. The molecule has 3 N–H and O–H groups in total. The molecule has 1 aliphatic rings. The number of benzene rings is 3. The van der Waals surface area contributed by atoms with Crippen molar-refractivity contribution >= 4 is 29.3 Å². The van der Waals surface area contributed by atoms with Gasteiger partial charge >= 0.3 is 0 Å². The van der Waals surface area contributed by atoms with Crippen LogP contribution in [-0.4, -0.2) is 48.4 Å². The standard InChI is InChI=1S/C27H25N3O6/c1-2-36-21-10-8-19(9-11-21)30-26(34)22-12-7-18(16-23(22)27(30)35)25(33)29-14-4-13-28-24(32)17-5-3-6-20(31)15-17/h3,5-12,15-16,31H,2,4,13-14H2,1H3,(H,28,32)(H,29,33). The van der Waals surface area contributed by atoms with Crippen LogP contribution in [0.25, 0.3) is 0 Å². The first-order valence-corrected chi connectivity index (χ1v) is 11.5. The molecule has 0 spiro atoms. The van der Waals surface area contributed by atoms with Crippen molar-refractivity contribution in [2.45, 2.75) is 13.3 Å². The van der Waals surface area contributed by atoms with E-state index in [0.29, 0.717) is 43.1 Å². The third-order valence-corrected chi connectivity index (χ3v) is 5.59. The highest BCUT2D eigenvalue weighted by molar-refractivity contribution is 6.34. The number of amides is 4. The quantitative estimate of drug-likeness (QED) is 0.315. The molecule has 0 aromatic heterocycles. The van der Waals surface area contributed by atoms with Gasteiger partial charge in [-0.25, -0.2) is 4.90 Å². The van der Waals surface area contributed by atoms with E-state index in [9.17, 15) is 24.3 Å². The van der Waals surface area contributed by atoms with Gasteiger partial charge in [0.05, 0.1) is 23.4 Å². The number of imide groups is 1. The van der Waals surface area contributed by atoms with Crippen molar-refractivity contribution in [1.82, 2.24) is 10.6 Å². The van der Waals surface area contributed by atoms with Gasteiger partial charge < -0.3 is 20.5 Å². The van der Waals surface area contributed by atoms with Crippen molar-refractivity contribution < 1.29 is 29.0 Å².